The van der Waals surface area contributed by atoms with E-state index in [1.807, 2.05) is 16.8 Å². The molecule has 98 valence electrons. The molecule has 0 aromatic carbocycles. The standard InChI is InChI=1S/C11H14N2O3S2/c1-8(9-4-5-17-7-9)13-18(14,15)11-3-2-10(6-12)16-11/h2-5,7-8,13H,6,12H2,1H3. The van der Waals surface area contributed by atoms with Crippen LogP contribution in [0.4, 0.5) is 0 Å². The smallest absolute Gasteiger partial charge is 0.274 e. The predicted molar refractivity (Wildman–Crippen MR) is 69.7 cm³/mol. The second-order valence-electron chi connectivity index (χ2n) is 3.82. The van der Waals surface area contributed by atoms with E-state index in [-0.39, 0.29) is 17.7 Å². The van der Waals surface area contributed by atoms with Gasteiger partial charge in [-0.2, -0.15) is 11.3 Å². The Kier molecular flexibility index (Phi) is 3.86. The minimum atomic E-state index is -3.64. The Morgan fingerprint density at radius 2 is 2.22 bits per heavy atom. The van der Waals surface area contributed by atoms with E-state index in [1.54, 1.807) is 13.0 Å². The first-order valence-electron chi connectivity index (χ1n) is 5.36. The minimum Gasteiger partial charge on any atom is -0.447 e. The van der Waals surface area contributed by atoms with Gasteiger partial charge in [0.1, 0.15) is 5.76 Å². The van der Waals surface area contributed by atoms with Gasteiger partial charge in [-0.3, -0.25) is 0 Å². The fourth-order valence-electron chi connectivity index (χ4n) is 1.49. The maximum atomic E-state index is 12.0. The van der Waals surface area contributed by atoms with Crippen molar-refractivity contribution in [2.45, 2.75) is 24.6 Å². The zero-order valence-corrected chi connectivity index (χ0v) is 11.4. The molecule has 2 heterocycles. The van der Waals surface area contributed by atoms with Crippen molar-refractivity contribution in [3.63, 3.8) is 0 Å². The molecule has 0 fully saturated rings. The molecule has 0 radical (unpaired) electrons. The third-order valence-electron chi connectivity index (χ3n) is 2.48. The molecule has 5 nitrogen and oxygen atoms in total. The van der Waals surface area contributed by atoms with Crippen molar-refractivity contribution in [1.82, 2.24) is 4.72 Å². The summed E-state index contributed by atoms with van der Waals surface area (Å²) in [4.78, 5) is 0. The van der Waals surface area contributed by atoms with Gasteiger partial charge in [0.15, 0.2) is 0 Å². The maximum absolute atomic E-state index is 12.0. The van der Waals surface area contributed by atoms with Crippen molar-refractivity contribution in [2.75, 3.05) is 0 Å². The Morgan fingerprint density at radius 3 is 2.78 bits per heavy atom. The van der Waals surface area contributed by atoms with E-state index in [0.717, 1.165) is 5.56 Å². The molecular formula is C11H14N2O3S2. The molecule has 2 aromatic rings. The van der Waals surface area contributed by atoms with E-state index in [2.05, 4.69) is 4.72 Å². The predicted octanol–water partition coefficient (Wildman–Crippen LogP) is 1.84. The summed E-state index contributed by atoms with van der Waals surface area (Å²) in [6, 6.07) is 4.55. The highest BCUT2D eigenvalue weighted by molar-refractivity contribution is 7.89. The highest BCUT2D eigenvalue weighted by Gasteiger charge is 2.21. The van der Waals surface area contributed by atoms with Crippen molar-refractivity contribution < 1.29 is 12.8 Å². The van der Waals surface area contributed by atoms with Crippen molar-refractivity contribution in [3.8, 4) is 0 Å². The normalized spacial score (nSPS) is 13.7. The molecule has 3 N–H and O–H groups in total. The first-order chi connectivity index (χ1) is 8.53. The summed E-state index contributed by atoms with van der Waals surface area (Å²) in [6.45, 7) is 1.96. The number of thiophene rings is 1. The summed E-state index contributed by atoms with van der Waals surface area (Å²) >= 11 is 1.52. The van der Waals surface area contributed by atoms with Crippen molar-refractivity contribution in [1.29, 1.82) is 0 Å². The van der Waals surface area contributed by atoms with Crippen LogP contribution in [0.5, 0.6) is 0 Å². The fraction of sp³-hybridized carbons (Fsp3) is 0.273. The van der Waals surface area contributed by atoms with Gasteiger partial charge in [0, 0.05) is 6.04 Å². The van der Waals surface area contributed by atoms with Gasteiger partial charge in [0.25, 0.3) is 10.0 Å². The number of furan rings is 1. The minimum absolute atomic E-state index is 0.106. The zero-order chi connectivity index (χ0) is 13.2. The van der Waals surface area contributed by atoms with E-state index in [9.17, 15) is 8.42 Å². The molecule has 7 heteroatoms. The van der Waals surface area contributed by atoms with Crippen LogP contribution >= 0.6 is 11.3 Å². The summed E-state index contributed by atoms with van der Waals surface area (Å²) < 4.78 is 31.7. The van der Waals surface area contributed by atoms with Crippen molar-refractivity contribution >= 4 is 21.4 Å². The Hall–Kier alpha value is -1.15. The average Bonchev–Trinajstić information content (AvgIpc) is 3.00. The first kappa shape index (κ1) is 13.3. The number of rotatable bonds is 5. The first-order valence-corrected chi connectivity index (χ1v) is 7.79. The van der Waals surface area contributed by atoms with E-state index in [4.69, 9.17) is 10.2 Å². The topological polar surface area (TPSA) is 85.3 Å². The quantitative estimate of drug-likeness (QED) is 0.878. The molecule has 0 saturated heterocycles. The Labute approximate surface area is 110 Å². The highest BCUT2D eigenvalue weighted by Crippen LogP contribution is 2.20. The van der Waals surface area contributed by atoms with E-state index in [1.165, 1.54) is 17.4 Å². The summed E-state index contributed by atoms with van der Waals surface area (Å²) in [6.07, 6.45) is 0. The maximum Gasteiger partial charge on any atom is 0.274 e. The van der Waals surface area contributed by atoms with Crippen LogP contribution < -0.4 is 10.5 Å². The third kappa shape index (κ3) is 2.81. The Balaban J connectivity index is 2.17. The van der Waals surface area contributed by atoms with Crippen LogP contribution in [-0.4, -0.2) is 8.42 Å². The SMILES string of the molecule is CC(NS(=O)(=O)c1ccc(CN)o1)c1ccsc1. The molecule has 0 spiro atoms. The van der Waals surface area contributed by atoms with Crippen LogP contribution in [-0.2, 0) is 16.6 Å². The lowest BCUT2D eigenvalue weighted by Gasteiger charge is -2.11. The van der Waals surface area contributed by atoms with Gasteiger partial charge in [-0.05, 0) is 41.4 Å². The summed E-state index contributed by atoms with van der Waals surface area (Å²) in [5.41, 5.74) is 6.30. The third-order valence-corrected chi connectivity index (χ3v) is 4.59. The van der Waals surface area contributed by atoms with Gasteiger partial charge in [-0.25, -0.2) is 13.1 Å². The molecule has 1 unspecified atom stereocenters. The Morgan fingerprint density at radius 1 is 1.44 bits per heavy atom. The van der Waals surface area contributed by atoms with Crippen LogP contribution in [0.15, 0.2) is 38.5 Å². The van der Waals surface area contributed by atoms with Gasteiger partial charge < -0.3 is 10.2 Å². The van der Waals surface area contributed by atoms with Gasteiger partial charge in [0.05, 0.1) is 6.54 Å². The molecule has 0 saturated carbocycles. The lowest BCUT2D eigenvalue weighted by Crippen LogP contribution is -2.26. The molecule has 0 aliphatic heterocycles. The molecule has 18 heavy (non-hydrogen) atoms. The van der Waals surface area contributed by atoms with Gasteiger partial charge in [-0.15, -0.1) is 0 Å². The van der Waals surface area contributed by atoms with E-state index < -0.39 is 10.0 Å². The Bertz CT molecular complexity index is 602. The number of hydrogen-bond acceptors (Lipinski definition) is 5. The summed E-state index contributed by atoms with van der Waals surface area (Å²) in [5, 5.41) is 3.70. The fourth-order valence-corrected chi connectivity index (χ4v) is 3.43. The second kappa shape index (κ2) is 5.23. The van der Waals surface area contributed by atoms with Crippen LogP contribution in [0.3, 0.4) is 0 Å². The second-order valence-corrected chi connectivity index (χ2v) is 6.25. The monoisotopic (exact) mass is 286 g/mol. The van der Waals surface area contributed by atoms with Gasteiger partial charge >= 0.3 is 0 Å². The number of hydrogen-bond donors (Lipinski definition) is 2. The van der Waals surface area contributed by atoms with Crippen molar-refractivity contribution in [2.24, 2.45) is 5.73 Å². The molecule has 1 atom stereocenters. The van der Waals surface area contributed by atoms with Crippen LogP contribution in [0.1, 0.15) is 24.3 Å². The van der Waals surface area contributed by atoms with Gasteiger partial charge in [-0.1, -0.05) is 0 Å². The zero-order valence-electron chi connectivity index (χ0n) is 9.79. The molecule has 0 aliphatic carbocycles. The molecule has 0 bridgehead atoms. The lowest BCUT2D eigenvalue weighted by molar-refractivity contribution is 0.411. The average molecular weight is 286 g/mol. The van der Waals surface area contributed by atoms with E-state index in [0.29, 0.717) is 5.76 Å². The van der Waals surface area contributed by atoms with E-state index >= 15 is 0 Å². The molecule has 0 aliphatic rings. The lowest BCUT2D eigenvalue weighted by atomic mass is 10.2. The summed E-state index contributed by atoms with van der Waals surface area (Å²) in [5.74, 6) is 0.443. The number of nitrogens with one attached hydrogen (secondary N) is 1. The largest absolute Gasteiger partial charge is 0.447 e. The molecule has 2 rings (SSSR count). The summed E-state index contributed by atoms with van der Waals surface area (Å²) in [7, 11) is -3.64. The van der Waals surface area contributed by atoms with Crippen molar-refractivity contribution in [3.05, 3.63) is 40.3 Å². The molecule has 2 aromatic heterocycles. The van der Waals surface area contributed by atoms with Crippen LogP contribution in [0, 0.1) is 0 Å². The highest BCUT2D eigenvalue weighted by atomic mass is 32.2. The molecule has 0 amide bonds. The van der Waals surface area contributed by atoms with Crippen LogP contribution in [0.25, 0.3) is 0 Å². The van der Waals surface area contributed by atoms with Crippen LogP contribution in [0.2, 0.25) is 0 Å². The van der Waals surface area contributed by atoms with Gasteiger partial charge in [0.2, 0.25) is 5.09 Å². The number of sulfonamides is 1. The number of nitrogens with two attached hydrogens (primary N) is 1. The molecular weight excluding hydrogens is 272 g/mol.